The summed E-state index contributed by atoms with van der Waals surface area (Å²) in [6.45, 7) is 0. The van der Waals surface area contributed by atoms with Crippen LogP contribution in [-0.2, 0) is 0 Å². The van der Waals surface area contributed by atoms with E-state index in [1.54, 1.807) is 0 Å². The summed E-state index contributed by atoms with van der Waals surface area (Å²) in [4.78, 5) is 18.2. The molecule has 0 bridgehead atoms. The maximum atomic E-state index is 13.0. The van der Waals surface area contributed by atoms with Crippen molar-refractivity contribution in [1.29, 1.82) is 5.26 Å². The standard InChI is InChI=1S/C19H9Br2N3OS/c20-13-5-1-11(2-6-13)16-10-26-19-23-17(12-3-7-14(21)8-4-12)15(9-22)18(25)24(16)19/h1-8,10H. The van der Waals surface area contributed by atoms with Gasteiger partial charge in [-0.2, -0.15) is 5.26 Å². The van der Waals surface area contributed by atoms with Gasteiger partial charge in [0.05, 0.1) is 11.4 Å². The molecule has 4 aromatic rings. The van der Waals surface area contributed by atoms with Crippen molar-refractivity contribution in [1.82, 2.24) is 9.38 Å². The molecule has 4 nitrogen and oxygen atoms in total. The van der Waals surface area contributed by atoms with Gasteiger partial charge in [0, 0.05) is 19.9 Å². The van der Waals surface area contributed by atoms with Crippen LogP contribution in [0, 0.1) is 11.3 Å². The lowest BCUT2D eigenvalue weighted by Crippen LogP contribution is -2.19. The Morgan fingerprint density at radius 3 is 2.12 bits per heavy atom. The van der Waals surface area contributed by atoms with E-state index in [2.05, 4.69) is 36.8 Å². The van der Waals surface area contributed by atoms with Crippen LogP contribution in [-0.4, -0.2) is 9.38 Å². The monoisotopic (exact) mass is 485 g/mol. The predicted molar refractivity (Wildman–Crippen MR) is 110 cm³/mol. The molecule has 4 rings (SSSR count). The van der Waals surface area contributed by atoms with E-state index in [0.29, 0.717) is 10.7 Å². The van der Waals surface area contributed by atoms with Crippen LogP contribution in [0.4, 0.5) is 0 Å². The van der Waals surface area contributed by atoms with Gasteiger partial charge in [0.15, 0.2) is 4.96 Å². The van der Waals surface area contributed by atoms with Crippen LogP contribution in [0.5, 0.6) is 0 Å². The minimum Gasteiger partial charge on any atom is -0.267 e. The number of hydrogen-bond acceptors (Lipinski definition) is 4. The molecule has 0 fully saturated rings. The lowest BCUT2D eigenvalue weighted by atomic mass is 10.1. The summed E-state index contributed by atoms with van der Waals surface area (Å²) in [5.41, 5.74) is 2.46. The third kappa shape index (κ3) is 2.90. The molecule has 2 aromatic carbocycles. The number of rotatable bonds is 2. The highest BCUT2D eigenvalue weighted by Crippen LogP contribution is 2.28. The zero-order chi connectivity index (χ0) is 18.3. The Bertz CT molecular complexity index is 1220. The molecule has 0 aliphatic rings. The van der Waals surface area contributed by atoms with Gasteiger partial charge in [-0.25, -0.2) is 9.38 Å². The maximum Gasteiger partial charge on any atom is 0.277 e. The van der Waals surface area contributed by atoms with Crippen molar-refractivity contribution in [2.24, 2.45) is 0 Å². The molecule has 26 heavy (non-hydrogen) atoms. The van der Waals surface area contributed by atoms with Crippen LogP contribution < -0.4 is 5.56 Å². The molecule has 0 saturated heterocycles. The first-order valence-corrected chi connectivity index (χ1v) is 10.0. The molecule has 2 heterocycles. The Balaban J connectivity index is 1.99. The van der Waals surface area contributed by atoms with E-state index in [1.807, 2.05) is 60.0 Å². The Labute approximate surface area is 169 Å². The van der Waals surface area contributed by atoms with Gasteiger partial charge < -0.3 is 0 Å². The zero-order valence-electron chi connectivity index (χ0n) is 13.1. The van der Waals surface area contributed by atoms with E-state index in [-0.39, 0.29) is 11.1 Å². The fourth-order valence-corrected chi connectivity index (χ4v) is 4.11. The summed E-state index contributed by atoms with van der Waals surface area (Å²) in [6, 6.07) is 17.1. The van der Waals surface area contributed by atoms with Gasteiger partial charge in [-0.1, -0.05) is 56.1 Å². The van der Waals surface area contributed by atoms with Crippen LogP contribution in [0.15, 0.2) is 67.7 Å². The first-order valence-electron chi connectivity index (χ1n) is 7.54. The number of hydrogen-bond donors (Lipinski definition) is 0. The van der Waals surface area contributed by atoms with Gasteiger partial charge in [0.25, 0.3) is 5.56 Å². The number of nitrogens with zero attached hydrogens (tertiary/aromatic N) is 3. The second-order valence-electron chi connectivity index (χ2n) is 5.51. The van der Waals surface area contributed by atoms with Crippen LogP contribution in [0.25, 0.3) is 27.5 Å². The molecule has 0 aliphatic heterocycles. The highest BCUT2D eigenvalue weighted by atomic mass is 79.9. The Kier molecular flexibility index (Phi) is 4.49. The van der Waals surface area contributed by atoms with Crippen molar-refractivity contribution in [3.05, 3.63) is 78.8 Å². The van der Waals surface area contributed by atoms with Crippen LogP contribution in [0.1, 0.15) is 5.56 Å². The Morgan fingerprint density at radius 2 is 1.54 bits per heavy atom. The fourth-order valence-electron chi connectivity index (χ4n) is 2.69. The minimum atomic E-state index is -0.352. The smallest absolute Gasteiger partial charge is 0.267 e. The quantitative estimate of drug-likeness (QED) is 0.376. The third-order valence-electron chi connectivity index (χ3n) is 3.94. The summed E-state index contributed by atoms with van der Waals surface area (Å²) < 4.78 is 3.39. The molecule has 0 spiro atoms. The van der Waals surface area contributed by atoms with Crippen LogP contribution in [0.3, 0.4) is 0 Å². The molecule has 0 radical (unpaired) electrons. The molecule has 0 amide bonds. The summed E-state index contributed by atoms with van der Waals surface area (Å²) in [6.07, 6.45) is 0. The summed E-state index contributed by atoms with van der Waals surface area (Å²) >= 11 is 8.18. The van der Waals surface area contributed by atoms with Crippen LogP contribution >= 0.6 is 43.2 Å². The van der Waals surface area contributed by atoms with Crippen molar-refractivity contribution < 1.29 is 0 Å². The van der Waals surface area contributed by atoms with Crippen molar-refractivity contribution >= 4 is 48.2 Å². The normalized spacial score (nSPS) is 10.8. The van der Waals surface area contributed by atoms with E-state index in [0.717, 1.165) is 25.8 Å². The second kappa shape index (κ2) is 6.80. The van der Waals surface area contributed by atoms with E-state index in [1.165, 1.54) is 15.7 Å². The average molecular weight is 487 g/mol. The lowest BCUT2D eigenvalue weighted by Gasteiger charge is -2.06. The topological polar surface area (TPSA) is 58.2 Å². The van der Waals surface area contributed by atoms with Crippen molar-refractivity contribution in [3.8, 4) is 28.6 Å². The largest absolute Gasteiger partial charge is 0.277 e. The van der Waals surface area contributed by atoms with Crippen molar-refractivity contribution in [3.63, 3.8) is 0 Å². The molecule has 0 N–H and O–H groups in total. The summed E-state index contributed by atoms with van der Waals surface area (Å²) in [7, 11) is 0. The second-order valence-corrected chi connectivity index (χ2v) is 8.17. The molecule has 0 saturated carbocycles. The van der Waals surface area contributed by atoms with E-state index >= 15 is 0 Å². The number of aromatic nitrogens is 2. The SMILES string of the molecule is N#Cc1c(-c2ccc(Br)cc2)nc2scc(-c3ccc(Br)cc3)n2c1=O. The van der Waals surface area contributed by atoms with Gasteiger partial charge in [-0.05, 0) is 29.8 Å². The molecule has 0 unspecified atom stereocenters. The van der Waals surface area contributed by atoms with Gasteiger partial charge in [-0.3, -0.25) is 4.79 Å². The fraction of sp³-hybridized carbons (Fsp3) is 0. The highest BCUT2D eigenvalue weighted by molar-refractivity contribution is 9.10. The number of fused-ring (bicyclic) bond motifs is 1. The van der Waals surface area contributed by atoms with Crippen molar-refractivity contribution in [2.45, 2.75) is 0 Å². The summed E-state index contributed by atoms with van der Waals surface area (Å²) in [5.74, 6) is 0. The number of thiazole rings is 1. The highest BCUT2D eigenvalue weighted by Gasteiger charge is 2.18. The lowest BCUT2D eigenvalue weighted by molar-refractivity contribution is 1.07. The van der Waals surface area contributed by atoms with Gasteiger partial charge in [0.2, 0.25) is 0 Å². The Morgan fingerprint density at radius 1 is 0.962 bits per heavy atom. The van der Waals surface area contributed by atoms with Crippen molar-refractivity contribution in [2.75, 3.05) is 0 Å². The molecule has 2 aromatic heterocycles. The third-order valence-corrected chi connectivity index (χ3v) is 5.82. The van der Waals surface area contributed by atoms with Gasteiger partial charge in [0.1, 0.15) is 11.6 Å². The molecular formula is C19H9Br2N3OS. The number of nitriles is 1. The van der Waals surface area contributed by atoms with E-state index < -0.39 is 0 Å². The average Bonchev–Trinajstić information content (AvgIpc) is 3.07. The zero-order valence-corrected chi connectivity index (χ0v) is 17.1. The van der Waals surface area contributed by atoms with Gasteiger partial charge >= 0.3 is 0 Å². The maximum absolute atomic E-state index is 13.0. The predicted octanol–water partition coefficient (Wildman–Crippen LogP) is 5.49. The number of halogens is 2. The van der Waals surface area contributed by atoms with E-state index in [9.17, 15) is 10.1 Å². The molecule has 7 heteroatoms. The van der Waals surface area contributed by atoms with Gasteiger partial charge in [-0.15, -0.1) is 11.3 Å². The molecule has 0 atom stereocenters. The first-order chi connectivity index (χ1) is 12.6. The Hall–Kier alpha value is -2.27. The van der Waals surface area contributed by atoms with Crippen LogP contribution in [0.2, 0.25) is 0 Å². The minimum absolute atomic E-state index is 0.0431. The number of benzene rings is 2. The van der Waals surface area contributed by atoms with E-state index in [4.69, 9.17) is 0 Å². The first kappa shape index (κ1) is 17.2. The summed E-state index contributed by atoms with van der Waals surface area (Å²) in [5, 5.41) is 11.5. The molecule has 126 valence electrons. The molecule has 0 aliphatic carbocycles. The molecular weight excluding hydrogens is 478 g/mol.